The Hall–Kier alpha value is -3.10. The van der Waals surface area contributed by atoms with Gasteiger partial charge >= 0.3 is 5.97 Å². The van der Waals surface area contributed by atoms with Gasteiger partial charge in [0.25, 0.3) is 5.91 Å². The third-order valence-corrected chi connectivity index (χ3v) is 8.68. The third kappa shape index (κ3) is 6.13. The number of carboxylic acid groups (broad SMARTS) is 1. The molecule has 2 saturated carbocycles. The molecule has 8 nitrogen and oxygen atoms in total. The van der Waals surface area contributed by atoms with Gasteiger partial charge in [0.1, 0.15) is 5.75 Å². The summed E-state index contributed by atoms with van der Waals surface area (Å²) < 4.78 is 26.1. The Morgan fingerprint density at radius 2 is 1.74 bits per heavy atom. The Kier molecular flexibility index (Phi) is 8.33. The van der Waals surface area contributed by atoms with Crippen LogP contribution in [0.1, 0.15) is 82.0 Å². The summed E-state index contributed by atoms with van der Waals surface area (Å²) in [5.74, 6) is -2.46. The van der Waals surface area contributed by atoms with Crippen molar-refractivity contribution in [3.63, 3.8) is 0 Å². The Morgan fingerprint density at radius 1 is 1.05 bits per heavy atom. The molecule has 0 aromatic heterocycles. The van der Waals surface area contributed by atoms with Crippen LogP contribution in [0.3, 0.4) is 0 Å². The standard InChI is InChI=1S/C29H39FN2O6/c1-28(11-6-12-28)17-31-25(33)19-7-4-5-8-22(19)32-26(34)20-15-24(21(30)16-23(20)37-3)38-18-9-13-29(2,14-10-18)27(35)36/h4-5,15-16,18-19,22H,6-14,17H2,1-3H3,(H,31,33)(H,32,34)(H,35,36). The van der Waals surface area contributed by atoms with Crippen molar-refractivity contribution in [2.45, 2.75) is 83.8 Å². The maximum absolute atomic E-state index is 14.9. The van der Waals surface area contributed by atoms with Gasteiger partial charge in [0.15, 0.2) is 11.6 Å². The molecule has 2 unspecified atom stereocenters. The van der Waals surface area contributed by atoms with Crippen LogP contribution in [0.4, 0.5) is 4.39 Å². The number of carboxylic acids is 1. The van der Waals surface area contributed by atoms with Crippen LogP contribution in [0.15, 0.2) is 24.3 Å². The van der Waals surface area contributed by atoms with Crippen molar-refractivity contribution in [2.75, 3.05) is 13.7 Å². The average Bonchev–Trinajstić information content (AvgIpc) is 2.88. The van der Waals surface area contributed by atoms with Crippen LogP contribution in [0, 0.1) is 22.6 Å². The van der Waals surface area contributed by atoms with Crippen LogP contribution < -0.4 is 20.1 Å². The zero-order valence-electron chi connectivity index (χ0n) is 22.5. The number of rotatable bonds is 9. The molecule has 2 atom stereocenters. The smallest absolute Gasteiger partial charge is 0.309 e. The van der Waals surface area contributed by atoms with E-state index in [-0.39, 0.29) is 34.5 Å². The quantitative estimate of drug-likeness (QED) is 0.402. The molecule has 9 heteroatoms. The van der Waals surface area contributed by atoms with Gasteiger partial charge in [0.05, 0.1) is 30.1 Å². The molecule has 3 N–H and O–H groups in total. The van der Waals surface area contributed by atoms with Crippen molar-refractivity contribution < 1.29 is 33.4 Å². The SMILES string of the molecule is COc1cc(F)c(OC2CCC(C)(C(=O)O)CC2)cc1C(=O)NC1CC=CCC1C(=O)NCC1(C)CCC1. The van der Waals surface area contributed by atoms with E-state index in [1.54, 1.807) is 6.92 Å². The van der Waals surface area contributed by atoms with Gasteiger partial charge in [-0.15, -0.1) is 0 Å². The number of allylic oxidation sites excluding steroid dienone is 1. The zero-order valence-corrected chi connectivity index (χ0v) is 22.5. The molecule has 0 saturated heterocycles. The highest BCUT2D eigenvalue weighted by Crippen LogP contribution is 2.40. The first-order valence-electron chi connectivity index (χ1n) is 13.5. The largest absolute Gasteiger partial charge is 0.496 e. The van der Waals surface area contributed by atoms with Crippen LogP contribution in [-0.4, -0.2) is 48.7 Å². The summed E-state index contributed by atoms with van der Waals surface area (Å²) in [6.07, 6.45) is 9.79. The van der Waals surface area contributed by atoms with E-state index < -0.39 is 35.1 Å². The van der Waals surface area contributed by atoms with Crippen molar-refractivity contribution in [3.05, 3.63) is 35.7 Å². The number of hydrogen-bond donors (Lipinski definition) is 3. The van der Waals surface area contributed by atoms with Gasteiger partial charge < -0.3 is 25.2 Å². The van der Waals surface area contributed by atoms with Crippen LogP contribution in [0.5, 0.6) is 11.5 Å². The van der Waals surface area contributed by atoms with Crippen molar-refractivity contribution in [2.24, 2.45) is 16.7 Å². The second-order valence-corrected chi connectivity index (χ2v) is 11.7. The summed E-state index contributed by atoms with van der Waals surface area (Å²) in [6, 6.07) is 2.05. The normalized spacial score (nSPS) is 28.1. The molecule has 1 aromatic carbocycles. The number of carbonyl (C=O) groups excluding carboxylic acids is 2. The molecule has 3 aliphatic carbocycles. The number of carbonyl (C=O) groups is 3. The van der Waals surface area contributed by atoms with E-state index in [0.717, 1.165) is 18.9 Å². The van der Waals surface area contributed by atoms with Gasteiger partial charge in [-0.1, -0.05) is 25.5 Å². The fourth-order valence-electron chi connectivity index (χ4n) is 5.61. The number of ether oxygens (including phenoxy) is 2. The summed E-state index contributed by atoms with van der Waals surface area (Å²) in [5.41, 5.74) is -0.539. The van der Waals surface area contributed by atoms with Gasteiger partial charge in [-0.3, -0.25) is 14.4 Å². The molecular formula is C29H39FN2O6. The van der Waals surface area contributed by atoms with Gasteiger partial charge in [-0.25, -0.2) is 4.39 Å². The van der Waals surface area contributed by atoms with Crippen LogP contribution >= 0.6 is 0 Å². The molecule has 0 radical (unpaired) electrons. The summed E-state index contributed by atoms with van der Waals surface area (Å²) in [5, 5.41) is 15.5. The van der Waals surface area contributed by atoms with E-state index in [0.29, 0.717) is 45.1 Å². The van der Waals surface area contributed by atoms with Gasteiger partial charge in [-0.05, 0) is 69.8 Å². The van der Waals surface area contributed by atoms with E-state index in [4.69, 9.17) is 9.47 Å². The molecule has 3 aliphatic rings. The molecular weight excluding hydrogens is 491 g/mol. The van der Waals surface area contributed by atoms with Gasteiger partial charge in [0, 0.05) is 18.7 Å². The molecule has 38 heavy (non-hydrogen) atoms. The third-order valence-electron chi connectivity index (χ3n) is 8.68. The number of methoxy groups -OCH3 is 1. The first kappa shape index (κ1) is 27.9. The van der Waals surface area contributed by atoms with E-state index in [1.807, 2.05) is 12.2 Å². The minimum atomic E-state index is -0.840. The highest BCUT2D eigenvalue weighted by atomic mass is 19.1. The van der Waals surface area contributed by atoms with Crippen LogP contribution in [0.25, 0.3) is 0 Å². The number of halogens is 1. The molecule has 2 fully saturated rings. The zero-order chi connectivity index (χ0) is 27.5. The predicted octanol–water partition coefficient (Wildman–Crippen LogP) is 4.62. The number of aliphatic carboxylic acids is 1. The Balaban J connectivity index is 1.44. The molecule has 2 amide bonds. The van der Waals surface area contributed by atoms with Crippen molar-refractivity contribution in [1.82, 2.24) is 10.6 Å². The lowest BCUT2D eigenvalue weighted by Gasteiger charge is -2.39. The lowest BCUT2D eigenvalue weighted by atomic mass is 9.70. The second kappa shape index (κ2) is 11.3. The molecule has 0 spiro atoms. The number of hydrogen-bond acceptors (Lipinski definition) is 5. The maximum atomic E-state index is 14.9. The Morgan fingerprint density at radius 3 is 2.34 bits per heavy atom. The van der Waals surface area contributed by atoms with Gasteiger partial charge in [0.2, 0.25) is 5.91 Å². The fraction of sp³-hybridized carbons (Fsp3) is 0.621. The topological polar surface area (TPSA) is 114 Å². The highest BCUT2D eigenvalue weighted by molar-refractivity contribution is 5.98. The predicted molar refractivity (Wildman–Crippen MR) is 140 cm³/mol. The van der Waals surface area contributed by atoms with Crippen LogP contribution in [-0.2, 0) is 9.59 Å². The molecule has 208 valence electrons. The Labute approximate surface area is 223 Å². The monoisotopic (exact) mass is 530 g/mol. The molecule has 1 aromatic rings. The molecule has 0 aliphatic heterocycles. The first-order valence-corrected chi connectivity index (χ1v) is 13.5. The maximum Gasteiger partial charge on any atom is 0.309 e. The summed E-state index contributed by atoms with van der Waals surface area (Å²) in [6.45, 7) is 4.52. The van der Waals surface area contributed by atoms with Crippen molar-refractivity contribution >= 4 is 17.8 Å². The Bertz CT molecular complexity index is 1090. The summed E-state index contributed by atoms with van der Waals surface area (Å²) in [7, 11) is 1.36. The van der Waals surface area contributed by atoms with E-state index in [1.165, 1.54) is 19.6 Å². The van der Waals surface area contributed by atoms with Crippen molar-refractivity contribution in [1.29, 1.82) is 0 Å². The van der Waals surface area contributed by atoms with Crippen LogP contribution in [0.2, 0.25) is 0 Å². The minimum Gasteiger partial charge on any atom is -0.496 e. The molecule has 0 bridgehead atoms. The second-order valence-electron chi connectivity index (χ2n) is 11.7. The number of amides is 2. The summed E-state index contributed by atoms with van der Waals surface area (Å²) >= 11 is 0. The fourth-order valence-corrected chi connectivity index (χ4v) is 5.61. The summed E-state index contributed by atoms with van der Waals surface area (Å²) in [4.78, 5) is 37.9. The minimum absolute atomic E-state index is 0.0692. The van der Waals surface area contributed by atoms with E-state index in [9.17, 15) is 23.9 Å². The molecule has 4 rings (SSSR count). The van der Waals surface area contributed by atoms with E-state index >= 15 is 0 Å². The number of nitrogens with one attached hydrogen (secondary N) is 2. The number of benzene rings is 1. The lowest BCUT2D eigenvalue weighted by molar-refractivity contribution is -0.150. The average molecular weight is 531 g/mol. The highest BCUT2D eigenvalue weighted by Gasteiger charge is 2.39. The lowest BCUT2D eigenvalue weighted by Crippen LogP contribution is -2.49. The van der Waals surface area contributed by atoms with Gasteiger partial charge in [-0.2, -0.15) is 0 Å². The molecule has 0 heterocycles. The first-order chi connectivity index (χ1) is 18.0. The van der Waals surface area contributed by atoms with Crippen molar-refractivity contribution in [3.8, 4) is 11.5 Å². The van der Waals surface area contributed by atoms with E-state index in [2.05, 4.69) is 17.6 Å².